The van der Waals surface area contributed by atoms with Crippen molar-refractivity contribution < 1.29 is 4.74 Å². The van der Waals surface area contributed by atoms with Gasteiger partial charge in [0, 0.05) is 7.11 Å². The van der Waals surface area contributed by atoms with Crippen LogP contribution >= 0.6 is 0 Å². The first-order valence-electron chi connectivity index (χ1n) is 6.00. The molecule has 0 amide bonds. The van der Waals surface area contributed by atoms with Gasteiger partial charge in [-0.15, -0.1) is 0 Å². The Morgan fingerprint density at radius 3 is 3.06 bits per heavy atom. The molecule has 0 saturated carbocycles. The van der Waals surface area contributed by atoms with E-state index in [9.17, 15) is 0 Å². The second-order valence-electron chi connectivity index (χ2n) is 4.32. The normalized spacial score (nSPS) is 12.8. The number of rotatable bonds is 6. The maximum absolute atomic E-state index is 5.61. The molecule has 0 aliphatic rings. The van der Waals surface area contributed by atoms with Gasteiger partial charge in [-0.3, -0.25) is 0 Å². The molecule has 0 aliphatic carbocycles. The molecule has 0 bridgehead atoms. The Morgan fingerprint density at radius 1 is 1.50 bits per heavy atom. The molecule has 0 fully saturated rings. The molecule has 1 atom stereocenters. The summed E-state index contributed by atoms with van der Waals surface area (Å²) in [6.45, 7) is 3.27. The number of fused-ring (bicyclic) bond motifs is 1. The zero-order valence-electron chi connectivity index (χ0n) is 10.8. The van der Waals surface area contributed by atoms with Crippen molar-refractivity contribution in [1.82, 2.24) is 14.6 Å². The van der Waals surface area contributed by atoms with Crippen molar-refractivity contribution >= 4 is 11.5 Å². The summed E-state index contributed by atoms with van der Waals surface area (Å²) in [5, 5.41) is 7.61. The lowest BCUT2D eigenvalue weighted by atomic mass is 10.2. The molecule has 18 heavy (non-hydrogen) atoms. The maximum Gasteiger partial charge on any atom is 0.157 e. The minimum Gasteiger partial charge on any atom is -0.383 e. The number of nitrogens with zero attached hydrogens (tertiary/aromatic N) is 3. The standard InChI is InChI=1S/C12H19N5O/c1-9-5-11-14-8-15-17(11)12(6-9)16-10(3-4-13)7-18-2/h5-6,8,10,16H,3-4,7,13H2,1-2H3. The van der Waals surface area contributed by atoms with Crippen molar-refractivity contribution in [3.05, 3.63) is 24.0 Å². The first-order valence-corrected chi connectivity index (χ1v) is 6.00. The van der Waals surface area contributed by atoms with Crippen LogP contribution in [0.2, 0.25) is 0 Å². The van der Waals surface area contributed by atoms with Crippen LogP contribution in [0.15, 0.2) is 18.5 Å². The van der Waals surface area contributed by atoms with Crippen LogP contribution in [-0.2, 0) is 4.74 Å². The number of hydrogen-bond acceptors (Lipinski definition) is 5. The van der Waals surface area contributed by atoms with Crippen molar-refractivity contribution in [2.75, 3.05) is 25.6 Å². The van der Waals surface area contributed by atoms with E-state index in [1.807, 2.05) is 19.1 Å². The SMILES string of the molecule is COCC(CCN)Nc1cc(C)cc2ncnn12. The minimum absolute atomic E-state index is 0.175. The maximum atomic E-state index is 5.61. The van der Waals surface area contributed by atoms with E-state index in [0.29, 0.717) is 13.2 Å². The van der Waals surface area contributed by atoms with Crippen LogP contribution in [0.3, 0.4) is 0 Å². The third-order valence-corrected chi connectivity index (χ3v) is 2.76. The van der Waals surface area contributed by atoms with Gasteiger partial charge in [0.25, 0.3) is 0 Å². The Bertz CT molecular complexity index is 504. The van der Waals surface area contributed by atoms with E-state index in [-0.39, 0.29) is 6.04 Å². The summed E-state index contributed by atoms with van der Waals surface area (Å²) in [5.41, 5.74) is 7.58. The van der Waals surface area contributed by atoms with E-state index < -0.39 is 0 Å². The number of nitrogens with two attached hydrogens (primary N) is 1. The number of aryl methyl sites for hydroxylation is 1. The number of ether oxygens (including phenoxy) is 1. The molecule has 2 aromatic rings. The Balaban J connectivity index is 2.26. The molecule has 3 N–H and O–H groups in total. The fourth-order valence-electron chi connectivity index (χ4n) is 1.97. The molecule has 6 heteroatoms. The van der Waals surface area contributed by atoms with E-state index in [1.165, 1.54) is 0 Å². The number of pyridine rings is 1. The van der Waals surface area contributed by atoms with Crippen LogP contribution in [0.25, 0.3) is 5.65 Å². The third kappa shape index (κ3) is 2.77. The van der Waals surface area contributed by atoms with Gasteiger partial charge in [0.15, 0.2) is 5.65 Å². The van der Waals surface area contributed by atoms with Crippen molar-refractivity contribution in [2.24, 2.45) is 5.73 Å². The molecule has 0 saturated heterocycles. The van der Waals surface area contributed by atoms with Crippen molar-refractivity contribution in [1.29, 1.82) is 0 Å². The largest absolute Gasteiger partial charge is 0.383 e. The molecule has 0 spiro atoms. The Labute approximate surface area is 106 Å². The van der Waals surface area contributed by atoms with Crippen LogP contribution < -0.4 is 11.1 Å². The third-order valence-electron chi connectivity index (χ3n) is 2.76. The number of methoxy groups -OCH3 is 1. The Hall–Kier alpha value is -1.66. The molecular formula is C12H19N5O. The van der Waals surface area contributed by atoms with Gasteiger partial charge in [-0.1, -0.05) is 0 Å². The topological polar surface area (TPSA) is 77.5 Å². The minimum atomic E-state index is 0.175. The molecule has 2 aromatic heterocycles. The number of hydrogen-bond donors (Lipinski definition) is 2. The van der Waals surface area contributed by atoms with E-state index in [2.05, 4.69) is 15.4 Å². The second kappa shape index (κ2) is 5.79. The van der Waals surface area contributed by atoms with Gasteiger partial charge in [-0.2, -0.15) is 9.61 Å². The first kappa shape index (κ1) is 12.8. The molecule has 6 nitrogen and oxygen atoms in total. The van der Waals surface area contributed by atoms with Crippen LogP contribution in [0.1, 0.15) is 12.0 Å². The molecule has 98 valence electrons. The highest BCUT2D eigenvalue weighted by atomic mass is 16.5. The summed E-state index contributed by atoms with van der Waals surface area (Å²) in [5.74, 6) is 0.915. The highest BCUT2D eigenvalue weighted by Crippen LogP contribution is 2.14. The summed E-state index contributed by atoms with van der Waals surface area (Å²) in [7, 11) is 1.69. The highest BCUT2D eigenvalue weighted by Gasteiger charge is 2.10. The van der Waals surface area contributed by atoms with Crippen molar-refractivity contribution in [2.45, 2.75) is 19.4 Å². The summed E-state index contributed by atoms with van der Waals surface area (Å²) in [6.07, 6.45) is 2.40. The lowest BCUT2D eigenvalue weighted by Gasteiger charge is -2.19. The monoisotopic (exact) mass is 249 g/mol. The molecule has 0 aromatic carbocycles. The van der Waals surface area contributed by atoms with Gasteiger partial charge in [0.2, 0.25) is 0 Å². The van der Waals surface area contributed by atoms with Crippen LogP contribution in [0, 0.1) is 6.92 Å². The van der Waals surface area contributed by atoms with Crippen molar-refractivity contribution in [3.8, 4) is 0 Å². The number of aromatic nitrogens is 3. The average Bonchev–Trinajstić information content (AvgIpc) is 2.77. The zero-order valence-corrected chi connectivity index (χ0v) is 10.8. The average molecular weight is 249 g/mol. The fourth-order valence-corrected chi connectivity index (χ4v) is 1.97. The van der Waals surface area contributed by atoms with Crippen molar-refractivity contribution in [3.63, 3.8) is 0 Å². The van der Waals surface area contributed by atoms with E-state index in [0.717, 1.165) is 23.4 Å². The fraction of sp³-hybridized carbons (Fsp3) is 0.500. The van der Waals surface area contributed by atoms with E-state index >= 15 is 0 Å². The molecule has 2 heterocycles. The number of anilines is 1. The molecule has 0 aliphatic heterocycles. The summed E-state index contributed by atoms with van der Waals surface area (Å²) >= 11 is 0. The van der Waals surface area contributed by atoms with Gasteiger partial charge in [-0.25, -0.2) is 4.98 Å². The Morgan fingerprint density at radius 2 is 2.33 bits per heavy atom. The van der Waals surface area contributed by atoms with Gasteiger partial charge in [0.1, 0.15) is 12.1 Å². The second-order valence-corrected chi connectivity index (χ2v) is 4.32. The molecule has 2 rings (SSSR count). The molecule has 1 unspecified atom stereocenters. The predicted octanol–water partition coefficient (Wildman–Crippen LogP) is 0.813. The van der Waals surface area contributed by atoms with Gasteiger partial charge >= 0.3 is 0 Å². The van der Waals surface area contributed by atoms with E-state index in [1.54, 1.807) is 18.0 Å². The van der Waals surface area contributed by atoms with Crippen LogP contribution in [-0.4, -0.2) is 40.9 Å². The highest BCUT2D eigenvalue weighted by molar-refractivity contribution is 5.51. The first-order chi connectivity index (χ1) is 8.74. The summed E-state index contributed by atoms with van der Waals surface area (Å²) < 4.78 is 6.97. The van der Waals surface area contributed by atoms with Gasteiger partial charge in [-0.05, 0) is 37.6 Å². The van der Waals surface area contributed by atoms with Crippen LogP contribution in [0.5, 0.6) is 0 Å². The van der Waals surface area contributed by atoms with Gasteiger partial charge < -0.3 is 15.8 Å². The lowest BCUT2D eigenvalue weighted by Crippen LogP contribution is -2.28. The van der Waals surface area contributed by atoms with Gasteiger partial charge in [0.05, 0.1) is 12.6 Å². The number of nitrogens with one attached hydrogen (secondary N) is 1. The predicted molar refractivity (Wildman–Crippen MR) is 70.7 cm³/mol. The zero-order chi connectivity index (χ0) is 13.0. The Kier molecular flexibility index (Phi) is 4.11. The van der Waals surface area contributed by atoms with E-state index in [4.69, 9.17) is 10.5 Å². The molecular weight excluding hydrogens is 230 g/mol. The summed E-state index contributed by atoms with van der Waals surface area (Å²) in [4.78, 5) is 4.20. The lowest BCUT2D eigenvalue weighted by molar-refractivity contribution is 0.183. The summed E-state index contributed by atoms with van der Waals surface area (Å²) in [6, 6.07) is 4.21. The quantitative estimate of drug-likeness (QED) is 0.792. The van der Waals surface area contributed by atoms with Crippen LogP contribution in [0.4, 0.5) is 5.82 Å². The molecule has 0 radical (unpaired) electrons. The smallest absolute Gasteiger partial charge is 0.157 e.